The number of halogens is 3. The van der Waals surface area contributed by atoms with Crippen LogP contribution in [0.3, 0.4) is 0 Å². The summed E-state index contributed by atoms with van der Waals surface area (Å²) in [5.41, 5.74) is 1.16. The van der Waals surface area contributed by atoms with Gasteiger partial charge in [0.2, 0.25) is 0 Å². The van der Waals surface area contributed by atoms with E-state index in [2.05, 4.69) is 15.3 Å². The van der Waals surface area contributed by atoms with Crippen LogP contribution in [0.25, 0.3) is 5.65 Å². The fraction of sp³-hybridized carbons (Fsp3) is 0.364. The molecular weight excluding hydrogens is 456 g/mol. The third-order valence-corrected chi connectivity index (χ3v) is 5.74. The maximum atomic E-state index is 14.0. The third kappa shape index (κ3) is 4.75. The van der Waals surface area contributed by atoms with E-state index in [1.54, 1.807) is 13.1 Å². The van der Waals surface area contributed by atoms with Gasteiger partial charge in [0.25, 0.3) is 11.5 Å². The highest BCUT2D eigenvalue weighted by molar-refractivity contribution is 6.30. The second-order valence-electron chi connectivity index (χ2n) is 8.22. The smallest absolute Gasteiger partial charge is 0.339 e. The number of aromatic carboxylic acids is 1. The first-order valence-electron chi connectivity index (χ1n) is 10.4. The zero-order valence-electron chi connectivity index (χ0n) is 18.0. The summed E-state index contributed by atoms with van der Waals surface area (Å²) in [7, 11) is 0. The third-order valence-electron chi connectivity index (χ3n) is 5.53. The average Bonchev–Trinajstić information content (AvgIpc) is 2.74. The molecule has 0 spiro atoms. The summed E-state index contributed by atoms with van der Waals surface area (Å²) in [6.45, 7) is 3.46. The number of piperidine rings is 1. The Hall–Kier alpha value is -3.27. The minimum Gasteiger partial charge on any atom is -0.478 e. The summed E-state index contributed by atoms with van der Waals surface area (Å²) in [6, 6.07) is 3.85. The molecule has 33 heavy (non-hydrogen) atoms. The number of pyridine rings is 2. The molecule has 0 radical (unpaired) electrons. The van der Waals surface area contributed by atoms with E-state index < -0.39 is 30.0 Å². The molecule has 1 atom stereocenters. The highest BCUT2D eigenvalue weighted by Crippen LogP contribution is 2.30. The van der Waals surface area contributed by atoms with E-state index in [0.29, 0.717) is 24.2 Å². The zero-order valence-corrected chi connectivity index (χ0v) is 18.7. The molecule has 0 amide bonds. The van der Waals surface area contributed by atoms with Crippen molar-refractivity contribution in [3.8, 4) is 0 Å². The topological polar surface area (TPSA) is 99.8 Å². The molecule has 0 unspecified atom stereocenters. The van der Waals surface area contributed by atoms with Crippen LogP contribution in [0.4, 0.5) is 20.4 Å². The van der Waals surface area contributed by atoms with E-state index >= 15 is 0 Å². The number of carbonyl (C=O) groups is 1. The Morgan fingerprint density at radius 2 is 2.09 bits per heavy atom. The Morgan fingerprint density at radius 1 is 1.33 bits per heavy atom. The van der Waals surface area contributed by atoms with Crippen molar-refractivity contribution >= 4 is 34.9 Å². The molecule has 0 aliphatic carbocycles. The van der Waals surface area contributed by atoms with Crippen LogP contribution in [-0.2, 0) is 0 Å². The predicted octanol–water partition coefficient (Wildman–Crippen LogP) is 4.16. The molecule has 4 heterocycles. The molecule has 174 valence electrons. The van der Waals surface area contributed by atoms with Gasteiger partial charge in [-0.05, 0) is 38.0 Å². The van der Waals surface area contributed by atoms with Gasteiger partial charge in [-0.1, -0.05) is 11.6 Å². The van der Waals surface area contributed by atoms with Crippen LogP contribution in [0.1, 0.15) is 47.3 Å². The summed E-state index contributed by atoms with van der Waals surface area (Å²) in [5, 5.41) is 12.7. The number of aryl methyl sites for hydroxylation is 1. The average molecular weight is 478 g/mol. The fourth-order valence-corrected chi connectivity index (χ4v) is 4.16. The summed E-state index contributed by atoms with van der Waals surface area (Å²) in [5.74, 6) is -3.75. The number of carboxylic acid groups (broad SMARTS) is 1. The van der Waals surface area contributed by atoms with Crippen LogP contribution >= 0.6 is 11.6 Å². The molecule has 11 heteroatoms. The number of carboxylic acids is 1. The van der Waals surface area contributed by atoms with Gasteiger partial charge in [0.15, 0.2) is 0 Å². The van der Waals surface area contributed by atoms with Crippen LogP contribution in [0.15, 0.2) is 35.4 Å². The number of fused-ring (bicyclic) bond motifs is 1. The van der Waals surface area contributed by atoms with Gasteiger partial charge in [0, 0.05) is 37.0 Å². The first-order valence-corrected chi connectivity index (χ1v) is 10.7. The van der Waals surface area contributed by atoms with Crippen molar-refractivity contribution in [2.45, 2.75) is 38.7 Å². The van der Waals surface area contributed by atoms with Crippen molar-refractivity contribution in [3.05, 3.63) is 62.7 Å². The lowest BCUT2D eigenvalue weighted by Gasteiger charge is -2.33. The van der Waals surface area contributed by atoms with Crippen LogP contribution in [0, 0.1) is 6.92 Å². The van der Waals surface area contributed by atoms with Crippen LogP contribution in [0.2, 0.25) is 5.02 Å². The lowest BCUT2D eigenvalue weighted by Crippen LogP contribution is -2.43. The van der Waals surface area contributed by atoms with Gasteiger partial charge in [-0.15, -0.1) is 0 Å². The van der Waals surface area contributed by atoms with Gasteiger partial charge in [-0.25, -0.2) is 23.5 Å². The number of hydrogen-bond acceptors (Lipinski definition) is 6. The van der Waals surface area contributed by atoms with Crippen molar-refractivity contribution in [2.24, 2.45) is 0 Å². The van der Waals surface area contributed by atoms with E-state index in [1.807, 2.05) is 13.0 Å². The largest absolute Gasteiger partial charge is 0.478 e. The molecule has 3 aromatic rings. The van der Waals surface area contributed by atoms with E-state index in [4.69, 9.17) is 11.6 Å². The van der Waals surface area contributed by atoms with Crippen LogP contribution < -0.4 is 15.8 Å². The molecule has 1 saturated heterocycles. The summed E-state index contributed by atoms with van der Waals surface area (Å²) < 4.78 is 29.3. The SMILES string of the molecule is Cc1cc([C@@H](C)Nc2ncc(Cl)cc2C(=O)O)c2nc(N3CCCC(F)(F)C3)cc(=O)n2c1. The molecule has 4 rings (SSSR count). The highest BCUT2D eigenvalue weighted by atomic mass is 35.5. The van der Waals surface area contributed by atoms with E-state index in [0.717, 1.165) is 5.56 Å². The lowest BCUT2D eigenvalue weighted by molar-refractivity contribution is -0.0118. The molecule has 3 aromatic heterocycles. The molecule has 0 saturated carbocycles. The standard InChI is InChI=1S/C22H22ClF2N5O3/c1-12-6-15(13(2)27-19-16(21(32)33)7-14(23)9-26-19)20-28-17(8-18(31)30(20)10-12)29-5-3-4-22(24,25)11-29/h6-10,13H,3-5,11H2,1-2H3,(H,26,27)(H,32,33)/t13-/m1/s1. The molecule has 1 fully saturated rings. The monoisotopic (exact) mass is 477 g/mol. The predicted molar refractivity (Wildman–Crippen MR) is 121 cm³/mol. The van der Waals surface area contributed by atoms with Crippen molar-refractivity contribution in [3.63, 3.8) is 0 Å². The van der Waals surface area contributed by atoms with Crippen LogP contribution in [-0.4, -0.2) is 44.5 Å². The van der Waals surface area contributed by atoms with Gasteiger partial charge < -0.3 is 15.3 Å². The minimum atomic E-state index is -2.84. The second-order valence-corrected chi connectivity index (χ2v) is 8.66. The quantitative estimate of drug-likeness (QED) is 0.569. The molecule has 0 aromatic carbocycles. The maximum Gasteiger partial charge on any atom is 0.339 e. The zero-order chi connectivity index (χ0) is 23.9. The minimum absolute atomic E-state index is 0.104. The molecule has 8 nitrogen and oxygen atoms in total. The van der Waals surface area contributed by atoms with E-state index in [1.165, 1.54) is 27.6 Å². The van der Waals surface area contributed by atoms with Gasteiger partial charge >= 0.3 is 5.97 Å². The highest BCUT2D eigenvalue weighted by Gasteiger charge is 2.36. The van der Waals surface area contributed by atoms with Crippen molar-refractivity contribution in [1.82, 2.24) is 14.4 Å². The van der Waals surface area contributed by atoms with Crippen molar-refractivity contribution in [1.29, 1.82) is 0 Å². The summed E-state index contributed by atoms with van der Waals surface area (Å²) in [6.07, 6.45) is 3.06. The lowest BCUT2D eigenvalue weighted by atomic mass is 10.1. The first-order chi connectivity index (χ1) is 15.5. The molecule has 1 aliphatic rings. The molecule has 2 N–H and O–H groups in total. The molecule has 0 bridgehead atoms. The normalized spacial score (nSPS) is 16.6. The number of anilines is 2. The Morgan fingerprint density at radius 3 is 2.79 bits per heavy atom. The summed E-state index contributed by atoms with van der Waals surface area (Å²) >= 11 is 5.88. The van der Waals surface area contributed by atoms with Crippen molar-refractivity contribution in [2.75, 3.05) is 23.3 Å². The number of rotatable bonds is 5. The number of hydrogen-bond donors (Lipinski definition) is 2. The van der Waals surface area contributed by atoms with Gasteiger partial charge in [-0.2, -0.15) is 0 Å². The Labute approximate surface area is 192 Å². The van der Waals surface area contributed by atoms with Gasteiger partial charge in [0.1, 0.15) is 22.8 Å². The summed E-state index contributed by atoms with van der Waals surface area (Å²) in [4.78, 5) is 34.5. The first kappa shape index (κ1) is 22.9. The van der Waals surface area contributed by atoms with Crippen LogP contribution in [0.5, 0.6) is 0 Å². The number of nitrogens with one attached hydrogen (secondary N) is 1. The van der Waals surface area contributed by atoms with Gasteiger partial charge in [0.05, 0.1) is 17.6 Å². The number of nitrogens with zero attached hydrogens (tertiary/aromatic N) is 4. The Bertz CT molecular complexity index is 1300. The Kier molecular flexibility index (Phi) is 5.96. The molecule has 1 aliphatic heterocycles. The fourth-order valence-electron chi connectivity index (χ4n) is 4.00. The van der Waals surface area contributed by atoms with E-state index in [-0.39, 0.29) is 28.6 Å². The van der Waals surface area contributed by atoms with Gasteiger partial charge in [-0.3, -0.25) is 9.20 Å². The number of aromatic nitrogens is 3. The molecular formula is C22H22ClF2N5O3. The number of alkyl halides is 2. The van der Waals surface area contributed by atoms with Crippen molar-refractivity contribution < 1.29 is 18.7 Å². The van der Waals surface area contributed by atoms with E-state index in [9.17, 15) is 23.5 Å². The Balaban J connectivity index is 1.78. The maximum absolute atomic E-state index is 14.0. The second kappa shape index (κ2) is 8.58.